The van der Waals surface area contributed by atoms with Gasteiger partial charge < -0.3 is 9.84 Å². The number of anilines is 1. The summed E-state index contributed by atoms with van der Waals surface area (Å²) in [6, 6.07) is 14.2. The van der Waals surface area contributed by atoms with Crippen LogP contribution < -0.4 is 10.1 Å². The lowest BCUT2D eigenvalue weighted by atomic mass is 10.1. The van der Waals surface area contributed by atoms with Gasteiger partial charge in [0.2, 0.25) is 0 Å². The van der Waals surface area contributed by atoms with Crippen LogP contribution in [-0.4, -0.2) is 17.7 Å². The van der Waals surface area contributed by atoms with E-state index in [1.165, 1.54) is 12.1 Å². The zero-order valence-corrected chi connectivity index (χ0v) is 11.0. The number of ether oxygens (including phenoxy) is 1. The van der Waals surface area contributed by atoms with Gasteiger partial charge in [-0.1, -0.05) is 42.5 Å². The quantitative estimate of drug-likeness (QED) is 0.650. The molecular weight excluding hydrogens is 270 g/mol. The van der Waals surface area contributed by atoms with Crippen LogP contribution in [0.5, 0.6) is 5.75 Å². The number of benzene rings is 2. The molecule has 0 atom stereocenters. The van der Waals surface area contributed by atoms with Gasteiger partial charge in [0, 0.05) is 5.56 Å². The highest BCUT2D eigenvalue weighted by Gasteiger charge is 2.05. The van der Waals surface area contributed by atoms with Crippen molar-refractivity contribution in [3.05, 3.63) is 59.7 Å². The Morgan fingerprint density at radius 2 is 1.86 bits per heavy atom. The summed E-state index contributed by atoms with van der Waals surface area (Å²) >= 11 is 0. The van der Waals surface area contributed by atoms with Crippen LogP contribution in [0.4, 0.5) is 10.5 Å². The van der Waals surface area contributed by atoms with E-state index in [-0.39, 0.29) is 0 Å². The third-order valence-electron chi connectivity index (χ3n) is 2.70. The van der Waals surface area contributed by atoms with Crippen molar-refractivity contribution < 1.29 is 19.4 Å². The number of hydrogen-bond donors (Lipinski definition) is 2. The summed E-state index contributed by atoms with van der Waals surface area (Å²) in [5.74, 6) is 0.341. The smallest absolute Gasteiger partial charge is 0.409 e. The van der Waals surface area contributed by atoms with Crippen molar-refractivity contribution in [1.82, 2.24) is 0 Å². The Labute approximate surface area is 121 Å². The van der Waals surface area contributed by atoms with Gasteiger partial charge in [0.15, 0.2) is 0 Å². The number of carbonyl (C=O) groups is 2. The third kappa shape index (κ3) is 4.21. The topological polar surface area (TPSA) is 75.6 Å². The first-order chi connectivity index (χ1) is 10.2. The van der Waals surface area contributed by atoms with Gasteiger partial charge in [0.25, 0.3) is 6.47 Å². The van der Waals surface area contributed by atoms with Gasteiger partial charge in [-0.2, -0.15) is 0 Å². The monoisotopic (exact) mass is 283 g/mol. The van der Waals surface area contributed by atoms with Crippen LogP contribution >= 0.6 is 0 Å². The number of hydrogen-bond acceptors (Lipinski definition) is 3. The van der Waals surface area contributed by atoms with E-state index in [1.807, 2.05) is 36.4 Å². The van der Waals surface area contributed by atoms with Crippen molar-refractivity contribution in [1.29, 1.82) is 0 Å². The average Bonchev–Trinajstić information content (AvgIpc) is 2.48. The van der Waals surface area contributed by atoms with Crippen LogP contribution in [0.25, 0.3) is 12.2 Å². The van der Waals surface area contributed by atoms with Crippen molar-refractivity contribution in [2.45, 2.75) is 0 Å². The Kier molecular flexibility index (Phi) is 4.71. The molecule has 0 unspecified atom stereocenters. The van der Waals surface area contributed by atoms with Crippen LogP contribution in [0, 0.1) is 0 Å². The molecule has 0 heterocycles. The number of carboxylic acid groups (broad SMARTS) is 1. The molecule has 2 N–H and O–H groups in total. The highest BCUT2D eigenvalue weighted by Crippen LogP contribution is 2.24. The zero-order chi connectivity index (χ0) is 15.1. The minimum absolute atomic E-state index is 0.324. The third-order valence-corrected chi connectivity index (χ3v) is 2.70. The highest BCUT2D eigenvalue weighted by atomic mass is 16.5. The van der Waals surface area contributed by atoms with Crippen molar-refractivity contribution in [2.75, 3.05) is 5.32 Å². The van der Waals surface area contributed by atoms with Crippen LogP contribution in [0.3, 0.4) is 0 Å². The van der Waals surface area contributed by atoms with Crippen LogP contribution in [0.15, 0.2) is 48.5 Å². The molecule has 0 radical (unpaired) electrons. The van der Waals surface area contributed by atoms with Gasteiger partial charge in [-0.3, -0.25) is 10.1 Å². The number of rotatable bonds is 5. The number of nitrogens with one attached hydrogen (secondary N) is 1. The lowest BCUT2D eigenvalue weighted by Crippen LogP contribution is -2.08. The van der Waals surface area contributed by atoms with Gasteiger partial charge in [0.1, 0.15) is 5.75 Å². The van der Waals surface area contributed by atoms with E-state index in [2.05, 4.69) is 5.32 Å². The largest absolute Gasteiger partial charge is 0.465 e. The minimum atomic E-state index is -1.16. The number of amides is 1. The minimum Gasteiger partial charge on any atom is -0.465 e. The Morgan fingerprint density at radius 1 is 1.10 bits per heavy atom. The van der Waals surface area contributed by atoms with Gasteiger partial charge in [0.05, 0.1) is 5.69 Å². The molecule has 0 aromatic heterocycles. The van der Waals surface area contributed by atoms with Gasteiger partial charge >= 0.3 is 6.09 Å². The zero-order valence-electron chi connectivity index (χ0n) is 11.0. The normalized spacial score (nSPS) is 10.3. The SMILES string of the molecule is O=COc1ccc(NC(=O)O)c(C=Cc2ccccc2)c1. The second-order valence-corrected chi connectivity index (χ2v) is 4.14. The Hall–Kier alpha value is -3.08. The molecule has 2 aromatic carbocycles. The molecule has 0 aliphatic heterocycles. The lowest BCUT2D eigenvalue weighted by molar-refractivity contribution is -0.120. The maximum atomic E-state index is 10.8. The van der Waals surface area contributed by atoms with E-state index < -0.39 is 6.09 Å². The standard InChI is InChI=1S/C16H13NO4/c18-11-21-14-8-9-15(17-16(19)20)13(10-14)7-6-12-4-2-1-3-5-12/h1-11,17H,(H,19,20). The Balaban J connectivity index is 2.33. The first kappa shape index (κ1) is 14.3. The molecule has 5 nitrogen and oxygen atoms in total. The van der Waals surface area contributed by atoms with E-state index in [4.69, 9.17) is 9.84 Å². The summed E-state index contributed by atoms with van der Waals surface area (Å²) in [7, 11) is 0. The predicted molar refractivity (Wildman–Crippen MR) is 80.2 cm³/mol. The fourth-order valence-electron chi connectivity index (χ4n) is 1.79. The van der Waals surface area contributed by atoms with Crippen molar-refractivity contribution >= 4 is 30.4 Å². The molecule has 0 aliphatic carbocycles. The maximum absolute atomic E-state index is 10.8. The summed E-state index contributed by atoms with van der Waals surface area (Å²) in [6.45, 7) is 0.324. The summed E-state index contributed by atoms with van der Waals surface area (Å²) in [5.41, 5.74) is 1.98. The summed E-state index contributed by atoms with van der Waals surface area (Å²) in [4.78, 5) is 21.2. The first-order valence-electron chi connectivity index (χ1n) is 6.16. The lowest BCUT2D eigenvalue weighted by Gasteiger charge is -2.07. The van der Waals surface area contributed by atoms with E-state index in [0.717, 1.165) is 5.56 Å². The van der Waals surface area contributed by atoms with E-state index >= 15 is 0 Å². The Bertz CT molecular complexity index is 665. The Morgan fingerprint density at radius 3 is 2.52 bits per heavy atom. The first-order valence-corrected chi connectivity index (χ1v) is 6.16. The molecule has 0 fully saturated rings. The molecule has 2 rings (SSSR count). The molecule has 0 aliphatic rings. The molecular formula is C16H13NO4. The van der Waals surface area contributed by atoms with E-state index in [1.54, 1.807) is 12.1 Å². The average molecular weight is 283 g/mol. The van der Waals surface area contributed by atoms with Crippen LogP contribution in [0.2, 0.25) is 0 Å². The van der Waals surface area contributed by atoms with Crippen molar-refractivity contribution in [2.24, 2.45) is 0 Å². The molecule has 21 heavy (non-hydrogen) atoms. The maximum Gasteiger partial charge on any atom is 0.409 e. The molecule has 0 spiro atoms. The van der Waals surface area contributed by atoms with Crippen LogP contribution in [0.1, 0.15) is 11.1 Å². The fraction of sp³-hybridized carbons (Fsp3) is 0. The van der Waals surface area contributed by atoms with Crippen LogP contribution in [-0.2, 0) is 4.79 Å². The van der Waals surface area contributed by atoms with Crippen molar-refractivity contribution in [3.63, 3.8) is 0 Å². The summed E-state index contributed by atoms with van der Waals surface area (Å²) < 4.78 is 4.77. The highest BCUT2D eigenvalue weighted by molar-refractivity contribution is 5.88. The summed E-state index contributed by atoms with van der Waals surface area (Å²) in [6.07, 6.45) is 2.43. The van der Waals surface area contributed by atoms with Gasteiger partial charge in [-0.15, -0.1) is 0 Å². The fourth-order valence-corrected chi connectivity index (χ4v) is 1.79. The predicted octanol–water partition coefficient (Wildman–Crippen LogP) is 3.48. The number of carbonyl (C=O) groups excluding carboxylic acids is 1. The molecule has 1 amide bonds. The van der Waals surface area contributed by atoms with Gasteiger partial charge in [-0.25, -0.2) is 4.79 Å². The molecule has 0 saturated heterocycles. The molecule has 0 bridgehead atoms. The second-order valence-electron chi connectivity index (χ2n) is 4.14. The van der Waals surface area contributed by atoms with Crippen molar-refractivity contribution in [3.8, 4) is 5.75 Å². The molecule has 106 valence electrons. The molecule has 5 heteroatoms. The van der Waals surface area contributed by atoms with Gasteiger partial charge in [-0.05, 0) is 23.8 Å². The molecule has 0 saturated carbocycles. The second kappa shape index (κ2) is 6.91. The van der Waals surface area contributed by atoms with E-state index in [9.17, 15) is 9.59 Å². The molecule has 2 aromatic rings. The van der Waals surface area contributed by atoms with E-state index in [0.29, 0.717) is 23.5 Å². The summed E-state index contributed by atoms with van der Waals surface area (Å²) in [5, 5.41) is 11.1.